The molecule has 6 heteroatoms. The van der Waals surface area contributed by atoms with Crippen LogP contribution in [0, 0.1) is 6.92 Å². The van der Waals surface area contributed by atoms with Gasteiger partial charge in [-0.1, -0.05) is 6.92 Å². The molecule has 86 valence electrons. The summed E-state index contributed by atoms with van der Waals surface area (Å²) < 4.78 is 2.97. The first kappa shape index (κ1) is 11.5. The summed E-state index contributed by atoms with van der Waals surface area (Å²) in [4.78, 5) is 4.25. The first-order valence-electron chi connectivity index (χ1n) is 5.12. The summed E-state index contributed by atoms with van der Waals surface area (Å²) in [6.45, 7) is 4.96. The van der Waals surface area contributed by atoms with Crippen molar-refractivity contribution in [3.05, 3.63) is 17.3 Å². The number of aryl methyl sites for hydroxylation is 2. The van der Waals surface area contributed by atoms with Gasteiger partial charge in [0, 0.05) is 18.1 Å². The Labute approximate surface area is 103 Å². The van der Waals surface area contributed by atoms with E-state index in [1.54, 1.807) is 29.3 Å². The van der Waals surface area contributed by atoms with Gasteiger partial charge in [0.15, 0.2) is 4.34 Å². The van der Waals surface area contributed by atoms with E-state index in [2.05, 4.69) is 17.0 Å². The smallest absolute Gasteiger partial charge is 0.156 e. The molecule has 0 bridgehead atoms. The molecule has 2 heterocycles. The summed E-state index contributed by atoms with van der Waals surface area (Å²) in [5, 5.41) is 7.40. The number of anilines is 1. The fourth-order valence-corrected chi connectivity index (χ4v) is 3.12. The lowest BCUT2D eigenvalue weighted by Gasteiger charge is -2.04. The molecule has 0 aliphatic rings. The summed E-state index contributed by atoms with van der Waals surface area (Å²) in [7, 11) is 0. The Hall–Kier alpha value is -1.01. The molecule has 0 aromatic carbocycles. The van der Waals surface area contributed by atoms with Gasteiger partial charge < -0.3 is 5.73 Å². The Kier molecular flexibility index (Phi) is 3.50. The van der Waals surface area contributed by atoms with E-state index in [1.807, 2.05) is 17.0 Å². The lowest BCUT2D eigenvalue weighted by molar-refractivity contribution is 0.556. The standard InChI is InChI=1S/C10H14N4S2/c1-3-5-14-9(8(11)7(2)13-14)16-10-12-4-6-15-10/h4,6H,3,5,11H2,1-2H3. The quantitative estimate of drug-likeness (QED) is 0.911. The van der Waals surface area contributed by atoms with Crippen LogP contribution in [0.4, 0.5) is 5.69 Å². The van der Waals surface area contributed by atoms with E-state index in [0.29, 0.717) is 0 Å². The highest BCUT2D eigenvalue weighted by molar-refractivity contribution is 8.01. The van der Waals surface area contributed by atoms with Gasteiger partial charge in [0.25, 0.3) is 0 Å². The molecule has 0 radical (unpaired) electrons. The predicted octanol–water partition coefficient (Wildman–Crippen LogP) is 2.79. The molecule has 0 saturated heterocycles. The van der Waals surface area contributed by atoms with Gasteiger partial charge in [-0.3, -0.25) is 4.68 Å². The third-order valence-corrected chi connectivity index (χ3v) is 4.16. The Morgan fingerprint density at radius 2 is 2.38 bits per heavy atom. The molecule has 0 saturated carbocycles. The number of hydrogen-bond donors (Lipinski definition) is 1. The highest BCUT2D eigenvalue weighted by atomic mass is 32.2. The molecule has 2 rings (SSSR count). The summed E-state index contributed by atoms with van der Waals surface area (Å²) in [5.74, 6) is 0. The first-order chi connectivity index (χ1) is 7.72. The SMILES string of the molecule is CCCn1nc(C)c(N)c1Sc1nccs1. The second-order valence-electron chi connectivity index (χ2n) is 3.43. The molecule has 0 amide bonds. The van der Waals surface area contributed by atoms with Crippen LogP contribution in [-0.2, 0) is 6.54 Å². The number of nitrogen functional groups attached to an aromatic ring is 1. The highest BCUT2D eigenvalue weighted by Crippen LogP contribution is 2.34. The van der Waals surface area contributed by atoms with E-state index >= 15 is 0 Å². The predicted molar refractivity (Wildman–Crippen MR) is 67.9 cm³/mol. The van der Waals surface area contributed by atoms with Gasteiger partial charge in [-0.2, -0.15) is 5.10 Å². The fraction of sp³-hybridized carbons (Fsp3) is 0.400. The number of hydrogen-bond acceptors (Lipinski definition) is 5. The van der Waals surface area contributed by atoms with E-state index in [4.69, 9.17) is 5.73 Å². The Balaban J connectivity index is 2.30. The minimum Gasteiger partial charge on any atom is -0.395 e. The summed E-state index contributed by atoms with van der Waals surface area (Å²) in [5.41, 5.74) is 7.69. The normalized spacial score (nSPS) is 10.9. The summed E-state index contributed by atoms with van der Waals surface area (Å²) in [6.07, 6.45) is 2.85. The maximum atomic E-state index is 6.02. The van der Waals surface area contributed by atoms with Gasteiger partial charge in [0.2, 0.25) is 0 Å². The summed E-state index contributed by atoms with van der Waals surface area (Å²) in [6, 6.07) is 0. The van der Waals surface area contributed by atoms with E-state index in [-0.39, 0.29) is 0 Å². The zero-order valence-electron chi connectivity index (χ0n) is 9.30. The van der Waals surface area contributed by atoms with Crippen molar-refractivity contribution in [2.24, 2.45) is 0 Å². The van der Waals surface area contributed by atoms with Crippen LogP contribution in [0.25, 0.3) is 0 Å². The molecule has 0 aliphatic heterocycles. The van der Waals surface area contributed by atoms with Crippen molar-refractivity contribution in [2.75, 3.05) is 5.73 Å². The van der Waals surface area contributed by atoms with Crippen LogP contribution in [-0.4, -0.2) is 14.8 Å². The third-order valence-electron chi connectivity index (χ3n) is 2.15. The molecule has 0 atom stereocenters. The zero-order chi connectivity index (χ0) is 11.5. The van der Waals surface area contributed by atoms with Gasteiger partial charge >= 0.3 is 0 Å². The van der Waals surface area contributed by atoms with Gasteiger partial charge in [-0.05, 0) is 25.1 Å². The minimum atomic E-state index is 0.772. The van der Waals surface area contributed by atoms with E-state index in [0.717, 1.165) is 33.7 Å². The van der Waals surface area contributed by atoms with Crippen molar-refractivity contribution in [3.8, 4) is 0 Å². The minimum absolute atomic E-state index is 0.772. The number of rotatable bonds is 4. The van der Waals surface area contributed by atoms with Crippen LogP contribution in [0.1, 0.15) is 19.0 Å². The number of nitrogens with two attached hydrogens (primary N) is 1. The van der Waals surface area contributed by atoms with Gasteiger partial charge in [0.05, 0.1) is 11.4 Å². The Morgan fingerprint density at radius 1 is 1.56 bits per heavy atom. The molecular weight excluding hydrogens is 240 g/mol. The second-order valence-corrected chi connectivity index (χ2v) is 5.56. The molecule has 0 aliphatic carbocycles. The fourth-order valence-electron chi connectivity index (χ4n) is 1.39. The van der Waals surface area contributed by atoms with Crippen molar-refractivity contribution in [1.29, 1.82) is 0 Å². The van der Waals surface area contributed by atoms with E-state index < -0.39 is 0 Å². The van der Waals surface area contributed by atoms with Gasteiger partial charge in [0.1, 0.15) is 5.03 Å². The van der Waals surface area contributed by atoms with E-state index in [9.17, 15) is 0 Å². The molecule has 0 spiro atoms. The molecule has 4 nitrogen and oxygen atoms in total. The van der Waals surface area contributed by atoms with Gasteiger partial charge in [-0.25, -0.2) is 4.98 Å². The number of thiazole rings is 1. The van der Waals surface area contributed by atoms with Crippen LogP contribution in [0.15, 0.2) is 20.9 Å². The van der Waals surface area contributed by atoms with E-state index in [1.165, 1.54) is 0 Å². The van der Waals surface area contributed by atoms with Crippen molar-refractivity contribution in [1.82, 2.24) is 14.8 Å². The molecule has 16 heavy (non-hydrogen) atoms. The Morgan fingerprint density at radius 3 is 3.00 bits per heavy atom. The van der Waals surface area contributed by atoms with Crippen LogP contribution >= 0.6 is 23.1 Å². The Bertz CT molecular complexity index is 461. The molecule has 2 aromatic rings. The number of aromatic nitrogens is 3. The number of nitrogens with zero attached hydrogens (tertiary/aromatic N) is 3. The topological polar surface area (TPSA) is 56.7 Å². The summed E-state index contributed by atoms with van der Waals surface area (Å²) >= 11 is 3.21. The van der Waals surface area contributed by atoms with Crippen LogP contribution in [0.2, 0.25) is 0 Å². The lowest BCUT2D eigenvalue weighted by Crippen LogP contribution is -2.01. The van der Waals surface area contributed by atoms with Crippen molar-refractivity contribution in [3.63, 3.8) is 0 Å². The monoisotopic (exact) mass is 254 g/mol. The average Bonchev–Trinajstić information content (AvgIpc) is 2.84. The molecule has 0 fully saturated rings. The zero-order valence-corrected chi connectivity index (χ0v) is 10.9. The second kappa shape index (κ2) is 4.88. The lowest BCUT2D eigenvalue weighted by atomic mass is 10.4. The van der Waals surface area contributed by atoms with Crippen LogP contribution in [0.5, 0.6) is 0 Å². The molecule has 2 aromatic heterocycles. The largest absolute Gasteiger partial charge is 0.395 e. The average molecular weight is 254 g/mol. The molecular formula is C10H14N4S2. The van der Waals surface area contributed by atoms with Crippen LogP contribution < -0.4 is 5.73 Å². The molecule has 0 unspecified atom stereocenters. The van der Waals surface area contributed by atoms with Crippen molar-refractivity contribution < 1.29 is 0 Å². The maximum Gasteiger partial charge on any atom is 0.156 e. The molecule has 2 N–H and O–H groups in total. The first-order valence-corrected chi connectivity index (χ1v) is 6.82. The van der Waals surface area contributed by atoms with Crippen molar-refractivity contribution in [2.45, 2.75) is 36.2 Å². The van der Waals surface area contributed by atoms with Gasteiger partial charge in [-0.15, -0.1) is 11.3 Å². The third kappa shape index (κ3) is 2.22. The van der Waals surface area contributed by atoms with Crippen molar-refractivity contribution >= 4 is 28.8 Å². The maximum absolute atomic E-state index is 6.02. The van der Waals surface area contributed by atoms with Crippen LogP contribution in [0.3, 0.4) is 0 Å². The highest BCUT2D eigenvalue weighted by Gasteiger charge is 2.14.